The second-order valence-electron chi connectivity index (χ2n) is 3.07. The summed E-state index contributed by atoms with van der Waals surface area (Å²) in [5, 5.41) is 8.82. The van der Waals surface area contributed by atoms with Crippen molar-refractivity contribution in [2.24, 2.45) is 0 Å². The van der Waals surface area contributed by atoms with Gasteiger partial charge in [0.25, 0.3) is 6.43 Å². The monoisotopic (exact) mass is 204 g/mol. The fourth-order valence-corrected chi connectivity index (χ4v) is 1.09. The molecule has 1 nitrogen and oxygen atoms in total. The molecule has 0 fully saturated rings. The average molecular weight is 204 g/mol. The summed E-state index contributed by atoms with van der Waals surface area (Å²) in [6.07, 6.45) is -4.00. The van der Waals surface area contributed by atoms with E-state index in [0.29, 0.717) is 6.42 Å². The standard InChI is InChI=1S/C10H11F3O/c11-8-4-1-7(2-5-8)3-6-9(14)10(12)13/h1-2,4-5,9-10,14H,3,6H2. The molecule has 0 radical (unpaired) electrons. The van der Waals surface area contributed by atoms with Crippen molar-refractivity contribution >= 4 is 0 Å². The van der Waals surface area contributed by atoms with Gasteiger partial charge in [-0.1, -0.05) is 12.1 Å². The van der Waals surface area contributed by atoms with Crippen molar-refractivity contribution in [3.63, 3.8) is 0 Å². The molecule has 1 aromatic rings. The van der Waals surface area contributed by atoms with E-state index in [-0.39, 0.29) is 12.2 Å². The maximum absolute atomic E-state index is 12.4. The fraction of sp³-hybridized carbons (Fsp3) is 0.400. The Morgan fingerprint density at radius 3 is 2.21 bits per heavy atom. The van der Waals surface area contributed by atoms with Gasteiger partial charge in [0.1, 0.15) is 11.9 Å². The van der Waals surface area contributed by atoms with E-state index >= 15 is 0 Å². The molecule has 0 bridgehead atoms. The third kappa shape index (κ3) is 3.38. The summed E-state index contributed by atoms with van der Waals surface area (Å²) in [5.74, 6) is -0.358. The normalized spacial score (nSPS) is 13.2. The van der Waals surface area contributed by atoms with Crippen molar-refractivity contribution in [2.45, 2.75) is 25.4 Å². The van der Waals surface area contributed by atoms with Crippen LogP contribution in [0.5, 0.6) is 0 Å². The molecule has 0 aliphatic rings. The molecule has 1 N–H and O–H groups in total. The summed E-state index contributed by atoms with van der Waals surface area (Å²) < 4.78 is 36.2. The lowest BCUT2D eigenvalue weighted by atomic mass is 10.1. The van der Waals surface area contributed by atoms with E-state index in [0.717, 1.165) is 5.56 Å². The van der Waals surface area contributed by atoms with Crippen LogP contribution in [0.15, 0.2) is 24.3 Å². The molecule has 1 aromatic carbocycles. The summed E-state index contributed by atoms with van der Waals surface area (Å²) in [6, 6.07) is 5.58. The Morgan fingerprint density at radius 1 is 1.14 bits per heavy atom. The zero-order valence-electron chi connectivity index (χ0n) is 7.46. The summed E-state index contributed by atoms with van der Waals surface area (Å²) in [5.41, 5.74) is 0.742. The van der Waals surface area contributed by atoms with Gasteiger partial charge in [-0.05, 0) is 30.5 Å². The van der Waals surface area contributed by atoms with Gasteiger partial charge >= 0.3 is 0 Å². The molecular weight excluding hydrogens is 193 g/mol. The van der Waals surface area contributed by atoms with E-state index in [1.165, 1.54) is 24.3 Å². The molecule has 0 saturated heterocycles. The van der Waals surface area contributed by atoms with Crippen molar-refractivity contribution in [3.05, 3.63) is 35.6 Å². The molecule has 0 amide bonds. The van der Waals surface area contributed by atoms with Gasteiger partial charge in [-0.15, -0.1) is 0 Å². The first-order valence-electron chi connectivity index (χ1n) is 4.30. The molecule has 0 saturated carbocycles. The molecule has 0 heterocycles. The Hall–Kier alpha value is -1.03. The zero-order valence-corrected chi connectivity index (χ0v) is 7.46. The first-order valence-corrected chi connectivity index (χ1v) is 4.30. The first-order chi connectivity index (χ1) is 6.59. The van der Waals surface area contributed by atoms with Crippen LogP contribution in [-0.4, -0.2) is 17.6 Å². The van der Waals surface area contributed by atoms with Gasteiger partial charge in [0.05, 0.1) is 0 Å². The van der Waals surface area contributed by atoms with Crippen LogP contribution in [0.1, 0.15) is 12.0 Å². The molecular formula is C10H11F3O. The van der Waals surface area contributed by atoms with Crippen LogP contribution < -0.4 is 0 Å². The van der Waals surface area contributed by atoms with Gasteiger partial charge in [-0.2, -0.15) is 0 Å². The highest BCUT2D eigenvalue weighted by Gasteiger charge is 2.15. The molecule has 0 spiro atoms. The topological polar surface area (TPSA) is 20.2 Å². The SMILES string of the molecule is OC(CCc1ccc(F)cc1)C(F)F. The summed E-state index contributed by atoms with van der Waals surface area (Å²) >= 11 is 0. The molecule has 78 valence electrons. The Bertz CT molecular complexity index is 271. The van der Waals surface area contributed by atoms with E-state index in [1.807, 2.05) is 0 Å². The van der Waals surface area contributed by atoms with Crippen LogP contribution in [0.3, 0.4) is 0 Å². The minimum Gasteiger partial charge on any atom is -0.387 e. The van der Waals surface area contributed by atoms with Gasteiger partial charge in [0, 0.05) is 0 Å². The van der Waals surface area contributed by atoms with Crippen molar-refractivity contribution < 1.29 is 18.3 Å². The van der Waals surface area contributed by atoms with Crippen LogP contribution >= 0.6 is 0 Å². The minimum atomic E-state index is -2.71. The third-order valence-corrected chi connectivity index (χ3v) is 1.93. The second kappa shape index (κ2) is 5.00. The molecule has 1 atom stereocenters. The predicted molar refractivity (Wildman–Crippen MR) is 46.7 cm³/mol. The highest BCUT2D eigenvalue weighted by atomic mass is 19.3. The number of aliphatic hydroxyl groups is 1. The van der Waals surface area contributed by atoms with Crippen molar-refractivity contribution in [1.29, 1.82) is 0 Å². The zero-order chi connectivity index (χ0) is 10.6. The lowest BCUT2D eigenvalue weighted by molar-refractivity contribution is -0.00849. The number of halogens is 3. The van der Waals surface area contributed by atoms with E-state index in [4.69, 9.17) is 5.11 Å². The fourth-order valence-electron chi connectivity index (χ4n) is 1.09. The summed E-state index contributed by atoms with van der Waals surface area (Å²) in [6.45, 7) is 0. The molecule has 4 heteroatoms. The smallest absolute Gasteiger partial charge is 0.264 e. The van der Waals surface area contributed by atoms with Crippen LogP contribution in [0.4, 0.5) is 13.2 Å². The number of rotatable bonds is 4. The van der Waals surface area contributed by atoms with Gasteiger partial charge < -0.3 is 5.11 Å². The Balaban J connectivity index is 2.42. The van der Waals surface area contributed by atoms with Crippen LogP contribution in [-0.2, 0) is 6.42 Å². The molecule has 14 heavy (non-hydrogen) atoms. The molecule has 1 rings (SSSR count). The third-order valence-electron chi connectivity index (χ3n) is 1.93. The minimum absolute atomic E-state index is 0.0106. The molecule has 0 aliphatic carbocycles. The van der Waals surface area contributed by atoms with Crippen LogP contribution in [0.25, 0.3) is 0 Å². The van der Waals surface area contributed by atoms with Gasteiger partial charge in [0.2, 0.25) is 0 Å². The number of hydrogen-bond donors (Lipinski definition) is 1. The van der Waals surface area contributed by atoms with Crippen molar-refractivity contribution in [2.75, 3.05) is 0 Å². The largest absolute Gasteiger partial charge is 0.387 e. The number of alkyl halides is 2. The number of aliphatic hydroxyl groups excluding tert-OH is 1. The van der Waals surface area contributed by atoms with E-state index < -0.39 is 12.5 Å². The Morgan fingerprint density at radius 2 is 1.71 bits per heavy atom. The second-order valence-corrected chi connectivity index (χ2v) is 3.07. The summed E-state index contributed by atoms with van der Waals surface area (Å²) in [7, 11) is 0. The van der Waals surface area contributed by atoms with Crippen LogP contribution in [0, 0.1) is 5.82 Å². The predicted octanol–water partition coefficient (Wildman–Crippen LogP) is 2.38. The van der Waals surface area contributed by atoms with Gasteiger partial charge in [-0.3, -0.25) is 0 Å². The number of aryl methyl sites for hydroxylation is 1. The Kier molecular flexibility index (Phi) is 3.95. The van der Waals surface area contributed by atoms with E-state index in [2.05, 4.69) is 0 Å². The van der Waals surface area contributed by atoms with Gasteiger partial charge in [0.15, 0.2) is 0 Å². The molecule has 0 aromatic heterocycles. The number of benzene rings is 1. The maximum atomic E-state index is 12.4. The first kappa shape index (κ1) is 11.0. The number of hydrogen-bond acceptors (Lipinski definition) is 1. The average Bonchev–Trinajstić information content (AvgIpc) is 2.16. The highest BCUT2D eigenvalue weighted by molar-refractivity contribution is 5.16. The highest BCUT2D eigenvalue weighted by Crippen LogP contribution is 2.10. The lowest BCUT2D eigenvalue weighted by Gasteiger charge is -2.08. The van der Waals surface area contributed by atoms with Crippen molar-refractivity contribution in [3.8, 4) is 0 Å². The van der Waals surface area contributed by atoms with Crippen molar-refractivity contribution in [1.82, 2.24) is 0 Å². The summed E-state index contributed by atoms with van der Waals surface area (Å²) in [4.78, 5) is 0. The van der Waals surface area contributed by atoms with E-state index in [9.17, 15) is 13.2 Å². The molecule has 0 aliphatic heterocycles. The lowest BCUT2D eigenvalue weighted by Crippen LogP contribution is -2.17. The van der Waals surface area contributed by atoms with Gasteiger partial charge in [-0.25, -0.2) is 13.2 Å². The maximum Gasteiger partial charge on any atom is 0.264 e. The Labute approximate surface area is 80.2 Å². The van der Waals surface area contributed by atoms with Crippen LogP contribution in [0.2, 0.25) is 0 Å². The van der Waals surface area contributed by atoms with E-state index in [1.54, 1.807) is 0 Å². The molecule has 1 unspecified atom stereocenters. The quantitative estimate of drug-likeness (QED) is 0.798.